The van der Waals surface area contributed by atoms with Crippen LogP contribution in [0.2, 0.25) is 0 Å². The number of carbonyl (C=O) groups excluding carboxylic acids is 2. The van der Waals surface area contributed by atoms with Crippen LogP contribution in [-0.4, -0.2) is 122 Å². The molecule has 58 heavy (non-hydrogen) atoms. The van der Waals surface area contributed by atoms with E-state index in [1.165, 1.54) is 96.3 Å². The third kappa shape index (κ3) is 40.2. The lowest BCUT2D eigenvalue weighted by Crippen LogP contribution is -2.42. The van der Waals surface area contributed by atoms with E-state index in [4.69, 9.17) is 4.74 Å². The average molecular weight is 825 g/mol. The molecular formula is C49H100N4O5. The summed E-state index contributed by atoms with van der Waals surface area (Å²) >= 11 is 0. The van der Waals surface area contributed by atoms with Gasteiger partial charge in [-0.15, -0.1) is 0 Å². The van der Waals surface area contributed by atoms with E-state index >= 15 is 0 Å². The second-order valence-electron chi connectivity index (χ2n) is 18.1. The van der Waals surface area contributed by atoms with Crippen molar-refractivity contribution in [1.29, 1.82) is 0 Å². The summed E-state index contributed by atoms with van der Waals surface area (Å²) in [5.74, 6) is 0.117. The highest BCUT2D eigenvalue weighted by molar-refractivity contribution is 5.75. The first-order valence-electron chi connectivity index (χ1n) is 25.0. The highest BCUT2D eigenvalue weighted by Crippen LogP contribution is 2.18. The summed E-state index contributed by atoms with van der Waals surface area (Å²) < 4.78 is 6.07. The second kappa shape index (κ2) is 42.4. The Morgan fingerprint density at radius 1 is 0.500 bits per heavy atom. The number of likely N-dealkylation sites (N-methyl/N-ethyl adjacent to an activating group) is 1. The quantitative estimate of drug-likeness (QED) is 0.0412. The average Bonchev–Trinajstić information content (AvgIpc) is 3.17. The maximum absolute atomic E-state index is 12.9. The highest BCUT2D eigenvalue weighted by Gasteiger charge is 2.18. The van der Waals surface area contributed by atoms with Crippen LogP contribution in [-0.2, 0) is 14.3 Å². The van der Waals surface area contributed by atoms with Crippen LogP contribution < -0.4 is 5.32 Å². The molecule has 2 unspecified atom stereocenters. The Bertz CT molecular complexity index is 877. The molecule has 3 N–H and O–H groups in total. The number of rotatable bonds is 45. The molecule has 2 atom stereocenters. The molecule has 346 valence electrons. The molecule has 0 saturated heterocycles. The fourth-order valence-corrected chi connectivity index (χ4v) is 7.94. The number of esters is 1. The largest absolute Gasteiger partial charge is 0.462 e. The minimum Gasteiger partial charge on any atom is -0.462 e. The van der Waals surface area contributed by atoms with Crippen molar-refractivity contribution in [1.82, 2.24) is 20.0 Å². The number of aliphatic hydroxyl groups excluding tert-OH is 2. The van der Waals surface area contributed by atoms with Crippen LogP contribution in [0.15, 0.2) is 0 Å². The fourth-order valence-electron chi connectivity index (χ4n) is 7.94. The number of hydrogen-bond acceptors (Lipinski definition) is 8. The summed E-state index contributed by atoms with van der Waals surface area (Å²) in [7, 11) is 6.24. The van der Waals surface area contributed by atoms with Crippen LogP contribution in [0.3, 0.4) is 0 Å². The van der Waals surface area contributed by atoms with E-state index in [1.807, 2.05) is 0 Å². The number of ether oxygens (including phenoxy) is 1. The van der Waals surface area contributed by atoms with Gasteiger partial charge in [-0.1, -0.05) is 136 Å². The number of nitrogens with zero attached hydrogens (tertiary/aromatic N) is 3. The van der Waals surface area contributed by atoms with Crippen molar-refractivity contribution in [3.05, 3.63) is 0 Å². The molecule has 0 aliphatic rings. The lowest BCUT2D eigenvalue weighted by molar-refractivity contribution is -0.150. The van der Waals surface area contributed by atoms with Gasteiger partial charge in [0.1, 0.15) is 6.10 Å². The minimum atomic E-state index is -0.487. The summed E-state index contributed by atoms with van der Waals surface area (Å²) in [6.07, 6.45) is 33.1. The maximum Gasteiger partial charge on any atom is 0.306 e. The van der Waals surface area contributed by atoms with Gasteiger partial charge < -0.3 is 30.1 Å². The number of nitrogens with one attached hydrogen (secondary N) is 1. The normalized spacial score (nSPS) is 13.0. The number of amides is 1. The summed E-state index contributed by atoms with van der Waals surface area (Å²) in [5.41, 5.74) is 0. The van der Waals surface area contributed by atoms with Crippen molar-refractivity contribution >= 4 is 11.9 Å². The molecule has 0 spiro atoms. The van der Waals surface area contributed by atoms with Crippen LogP contribution in [0.1, 0.15) is 220 Å². The van der Waals surface area contributed by atoms with E-state index in [0.29, 0.717) is 45.4 Å². The maximum atomic E-state index is 12.9. The zero-order valence-corrected chi connectivity index (χ0v) is 39.6. The zero-order chi connectivity index (χ0) is 42.9. The Morgan fingerprint density at radius 3 is 1.55 bits per heavy atom. The molecule has 0 rings (SSSR count). The molecule has 9 nitrogen and oxygen atoms in total. The Hall–Kier alpha value is -1.26. The summed E-state index contributed by atoms with van der Waals surface area (Å²) in [6, 6.07) is 0. The molecule has 0 aromatic rings. The number of unbranched alkanes of at least 4 members (excludes halogenated alkanes) is 20. The summed E-state index contributed by atoms with van der Waals surface area (Å²) in [6.45, 7) is 11.9. The smallest absolute Gasteiger partial charge is 0.306 e. The van der Waals surface area contributed by atoms with Gasteiger partial charge in [0.25, 0.3) is 0 Å². The van der Waals surface area contributed by atoms with Gasteiger partial charge in [0.15, 0.2) is 0 Å². The van der Waals surface area contributed by atoms with Crippen molar-refractivity contribution in [2.75, 3.05) is 67.0 Å². The van der Waals surface area contributed by atoms with Gasteiger partial charge in [-0.3, -0.25) is 14.5 Å². The van der Waals surface area contributed by atoms with Crippen LogP contribution >= 0.6 is 0 Å². The number of carbonyl (C=O) groups is 2. The van der Waals surface area contributed by atoms with Crippen molar-refractivity contribution in [2.24, 2.45) is 0 Å². The first-order valence-corrected chi connectivity index (χ1v) is 25.0. The Labute approximate surface area is 360 Å². The lowest BCUT2D eigenvalue weighted by Gasteiger charge is -2.29. The van der Waals surface area contributed by atoms with Gasteiger partial charge in [0, 0.05) is 39.0 Å². The van der Waals surface area contributed by atoms with E-state index in [2.05, 4.69) is 61.9 Å². The molecule has 0 bridgehead atoms. The molecule has 0 saturated carbocycles. The zero-order valence-electron chi connectivity index (χ0n) is 39.6. The van der Waals surface area contributed by atoms with Gasteiger partial charge in [-0.25, -0.2) is 0 Å². The van der Waals surface area contributed by atoms with Crippen LogP contribution in [0.5, 0.6) is 0 Å². The van der Waals surface area contributed by atoms with E-state index in [1.54, 1.807) is 0 Å². The molecular weight excluding hydrogens is 725 g/mol. The van der Waals surface area contributed by atoms with Gasteiger partial charge in [0.2, 0.25) is 5.91 Å². The van der Waals surface area contributed by atoms with E-state index in [0.717, 1.165) is 103 Å². The van der Waals surface area contributed by atoms with Gasteiger partial charge in [-0.2, -0.15) is 0 Å². The Balaban J connectivity index is 4.73. The molecule has 0 aromatic carbocycles. The standard InChI is InChI=1S/C49H100N4O5/c1-7-10-13-16-19-22-27-36-48(56)50-38-30-29-33-45(54)43-53(44-46(55)42-52(6)40-32-39-51(4)5)41-31-24-23-28-37-49(57)58-47(34-25-20-17-14-11-8-2)35-26-21-18-15-12-9-3/h45-47,54-55H,7-44H2,1-6H3,(H,50,56). The monoisotopic (exact) mass is 825 g/mol. The topological polar surface area (TPSA) is 106 Å². The van der Waals surface area contributed by atoms with E-state index < -0.39 is 12.2 Å². The van der Waals surface area contributed by atoms with E-state index in [9.17, 15) is 19.8 Å². The first kappa shape index (κ1) is 56.7. The van der Waals surface area contributed by atoms with Crippen molar-refractivity contribution < 1.29 is 24.5 Å². The predicted octanol–water partition coefficient (Wildman–Crippen LogP) is 10.7. The number of aliphatic hydroxyl groups is 2. The van der Waals surface area contributed by atoms with Crippen molar-refractivity contribution in [3.63, 3.8) is 0 Å². The molecule has 0 aliphatic heterocycles. The van der Waals surface area contributed by atoms with Crippen LogP contribution in [0.4, 0.5) is 0 Å². The lowest BCUT2D eigenvalue weighted by atomic mass is 10.0. The molecule has 0 aromatic heterocycles. The van der Waals surface area contributed by atoms with Crippen molar-refractivity contribution in [3.8, 4) is 0 Å². The highest BCUT2D eigenvalue weighted by atomic mass is 16.5. The third-order valence-electron chi connectivity index (χ3n) is 11.6. The fraction of sp³-hybridized carbons (Fsp3) is 0.959. The van der Waals surface area contributed by atoms with Crippen LogP contribution in [0, 0.1) is 0 Å². The second-order valence-corrected chi connectivity index (χ2v) is 18.1. The summed E-state index contributed by atoms with van der Waals surface area (Å²) in [4.78, 5) is 31.8. The molecule has 0 heterocycles. The molecule has 9 heteroatoms. The predicted molar refractivity (Wildman–Crippen MR) is 248 cm³/mol. The molecule has 1 amide bonds. The third-order valence-corrected chi connectivity index (χ3v) is 11.6. The molecule has 0 fully saturated rings. The first-order chi connectivity index (χ1) is 28.1. The van der Waals surface area contributed by atoms with Crippen LogP contribution in [0.25, 0.3) is 0 Å². The Morgan fingerprint density at radius 2 is 0.983 bits per heavy atom. The minimum absolute atomic E-state index is 0.0303. The Kier molecular flexibility index (Phi) is 41.5. The van der Waals surface area contributed by atoms with Crippen molar-refractivity contribution in [2.45, 2.75) is 238 Å². The van der Waals surface area contributed by atoms with Gasteiger partial charge in [0.05, 0.1) is 12.2 Å². The molecule has 0 aliphatic carbocycles. The van der Waals surface area contributed by atoms with Gasteiger partial charge in [-0.05, 0) is 111 Å². The number of hydrogen-bond donors (Lipinski definition) is 3. The summed E-state index contributed by atoms with van der Waals surface area (Å²) in [5, 5.41) is 25.1. The van der Waals surface area contributed by atoms with E-state index in [-0.39, 0.29) is 18.0 Å². The van der Waals surface area contributed by atoms with Gasteiger partial charge >= 0.3 is 5.97 Å². The molecule has 0 radical (unpaired) electrons. The SMILES string of the molecule is CCCCCCCCCC(=O)NCCCCC(O)CN(CCCCCCC(=O)OC(CCCCCCCC)CCCCCCCC)CC(O)CN(C)CCCN(C)C.